The van der Waals surface area contributed by atoms with Gasteiger partial charge in [-0.05, 0) is 74.7 Å². The van der Waals surface area contributed by atoms with Gasteiger partial charge in [0.1, 0.15) is 11.6 Å². The molecule has 1 aliphatic rings. The van der Waals surface area contributed by atoms with Gasteiger partial charge in [0.15, 0.2) is 5.82 Å². The lowest BCUT2D eigenvalue weighted by Gasteiger charge is -2.10. The summed E-state index contributed by atoms with van der Waals surface area (Å²) in [7, 11) is 0. The summed E-state index contributed by atoms with van der Waals surface area (Å²) in [5.74, 6) is 2.85. The number of carbonyl (C=O) groups is 1. The number of aromatic nitrogens is 3. The monoisotopic (exact) mass is 362 g/mol. The molecule has 0 saturated heterocycles. The molecular weight excluding hydrogens is 340 g/mol. The van der Waals surface area contributed by atoms with E-state index >= 15 is 0 Å². The van der Waals surface area contributed by atoms with Crippen LogP contribution in [0.2, 0.25) is 0 Å². The van der Waals surface area contributed by atoms with Gasteiger partial charge in [-0.15, -0.1) is 0 Å². The molecule has 1 aromatic heterocycles. The van der Waals surface area contributed by atoms with E-state index in [1.54, 1.807) is 6.07 Å². The number of nitrogens with one attached hydrogen (secondary N) is 2. The Morgan fingerprint density at radius 1 is 1.22 bits per heavy atom. The van der Waals surface area contributed by atoms with E-state index in [9.17, 15) is 4.79 Å². The summed E-state index contributed by atoms with van der Waals surface area (Å²) < 4.78 is 5.52. The standard InChI is InChI=1S/C21H22N4O2/c1-3-27-18-11-8-16(12-13(18)2)21(26)22-17-9-6-15(7-10-17)20-23-19(24-25-20)14-4-5-14/h6-12,14H,3-5H2,1-2H3,(H,22,26)(H,23,24,25). The molecule has 1 fully saturated rings. The van der Waals surface area contributed by atoms with Gasteiger partial charge in [0, 0.05) is 22.7 Å². The quantitative estimate of drug-likeness (QED) is 0.685. The zero-order valence-corrected chi connectivity index (χ0v) is 15.5. The van der Waals surface area contributed by atoms with Crippen molar-refractivity contribution in [1.82, 2.24) is 15.2 Å². The average molecular weight is 362 g/mol. The van der Waals surface area contributed by atoms with Gasteiger partial charge in [-0.3, -0.25) is 9.89 Å². The van der Waals surface area contributed by atoms with E-state index in [1.807, 2.05) is 50.2 Å². The number of anilines is 1. The van der Waals surface area contributed by atoms with Crippen molar-refractivity contribution in [3.8, 4) is 17.1 Å². The maximum atomic E-state index is 12.5. The number of ether oxygens (including phenoxy) is 1. The Morgan fingerprint density at radius 2 is 2.00 bits per heavy atom. The van der Waals surface area contributed by atoms with Crippen LogP contribution in [0.25, 0.3) is 11.4 Å². The van der Waals surface area contributed by atoms with Crippen LogP contribution < -0.4 is 10.1 Å². The Balaban J connectivity index is 1.44. The summed E-state index contributed by atoms with van der Waals surface area (Å²) in [6.07, 6.45) is 2.37. The zero-order chi connectivity index (χ0) is 18.8. The first-order valence-electron chi connectivity index (χ1n) is 9.21. The number of amides is 1. The predicted octanol–water partition coefficient (Wildman–Crippen LogP) is 4.31. The molecular formula is C21H22N4O2. The molecule has 2 aromatic carbocycles. The fraction of sp³-hybridized carbons (Fsp3) is 0.286. The second-order valence-electron chi connectivity index (χ2n) is 6.76. The van der Waals surface area contributed by atoms with Crippen molar-refractivity contribution in [2.24, 2.45) is 0 Å². The largest absolute Gasteiger partial charge is 0.494 e. The van der Waals surface area contributed by atoms with E-state index in [-0.39, 0.29) is 5.91 Å². The van der Waals surface area contributed by atoms with Crippen molar-refractivity contribution in [2.75, 3.05) is 11.9 Å². The summed E-state index contributed by atoms with van der Waals surface area (Å²) >= 11 is 0. The van der Waals surface area contributed by atoms with Crippen LogP contribution in [-0.2, 0) is 0 Å². The smallest absolute Gasteiger partial charge is 0.255 e. The van der Waals surface area contributed by atoms with Crippen molar-refractivity contribution in [2.45, 2.75) is 32.6 Å². The first-order chi connectivity index (χ1) is 13.1. The molecule has 0 unspecified atom stereocenters. The van der Waals surface area contributed by atoms with Gasteiger partial charge in [0.2, 0.25) is 0 Å². The van der Waals surface area contributed by atoms with Crippen LogP contribution in [0.3, 0.4) is 0 Å². The highest BCUT2D eigenvalue weighted by Gasteiger charge is 2.27. The summed E-state index contributed by atoms with van der Waals surface area (Å²) in [4.78, 5) is 17.0. The number of aryl methyl sites for hydroxylation is 1. The Morgan fingerprint density at radius 3 is 2.67 bits per heavy atom. The molecule has 3 aromatic rings. The van der Waals surface area contributed by atoms with E-state index in [0.717, 1.165) is 28.4 Å². The molecule has 138 valence electrons. The minimum absolute atomic E-state index is 0.150. The normalized spacial score (nSPS) is 13.4. The first-order valence-corrected chi connectivity index (χ1v) is 9.21. The van der Waals surface area contributed by atoms with E-state index in [4.69, 9.17) is 4.74 Å². The van der Waals surface area contributed by atoms with E-state index < -0.39 is 0 Å². The van der Waals surface area contributed by atoms with Crippen LogP contribution in [0.4, 0.5) is 5.69 Å². The summed E-state index contributed by atoms with van der Waals surface area (Å²) in [6.45, 7) is 4.48. The second kappa shape index (κ2) is 7.23. The molecule has 1 heterocycles. The molecule has 1 saturated carbocycles. The van der Waals surface area contributed by atoms with Crippen LogP contribution in [0.1, 0.15) is 47.4 Å². The van der Waals surface area contributed by atoms with Crippen LogP contribution in [0, 0.1) is 6.92 Å². The molecule has 0 bridgehead atoms. The molecule has 0 radical (unpaired) electrons. The Kier molecular flexibility index (Phi) is 4.62. The highest BCUT2D eigenvalue weighted by molar-refractivity contribution is 6.04. The van der Waals surface area contributed by atoms with Gasteiger partial charge in [-0.2, -0.15) is 5.10 Å². The topological polar surface area (TPSA) is 79.9 Å². The Labute approximate surface area is 158 Å². The molecule has 27 heavy (non-hydrogen) atoms. The van der Waals surface area contributed by atoms with Gasteiger partial charge in [-0.1, -0.05) is 0 Å². The molecule has 6 nitrogen and oxygen atoms in total. The average Bonchev–Trinajstić information content (AvgIpc) is 3.41. The number of H-pyrrole nitrogens is 1. The number of hydrogen-bond acceptors (Lipinski definition) is 4. The van der Waals surface area contributed by atoms with E-state index in [0.29, 0.717) is 23.9 Å². The second-order valence-corrected chi connectivity index (χ2v) is 6.76. The molecule has 4 rings (SSSR count). The summed E-state index contributed by atoms with van der Waals surface area (Å²) in [5.41, 5.74) is 3.19. The summed E-state index contributed by atoms with van der Waals surface area (Å²) in [5, 5.41) is 10.2. The minimum Gasteiger partial charge on any atom is -0.494 e. The van der Waals surface area contributed by atoms with Crippen LogP contribution in [-0.4, -0.2) is 27.7 Å². The maximum absolute atomic E-state index is 12.5. The fourth-order valence-corrected chi connectivity index (χ4v) is 2.96. The third kappa shape index (κ3) is 3.84. The lowest BCUT2D eigenvalue weighted by atomic mass is 10.1. The number of rotatable bonds is 6. The van der Waals surface area contributed by atoms with Gasteiger partial charge in [0.25, 0.3) is 5.91 Å². The number of hydrogen-bond donors (Lipinski definition) is 2. The molecule has 1 amide bonds. The van der Waals surface area contributed by atoms with Crippen molar-refractivity contribution in [3.05, 3.63) is 59.4 Å². The predicted molar refractivity (Wildman–Crippen MR) is 104 cm³/mol. The molecule has 0 spiro atoms. The highest BCUT2D eigenvalue weighted by Crippen LogP contribution is 2.38. The van der Waals surface area contributed by atoms with Crippen LogP contribution in [0.5, 0.6) is 5.75 Å². The van der Waals surface area contributed by atoms with Crippen LogP contribution >= 0.6 is 0 Å². The van der Waals surface area contributed by atoms with Crippen molar-refractivity contribution in [1.29, 1.82) is 0 Å². The summed E-state index contributed by atoms with van der Waals surface area (Å²) in [6, 6.07) is 13.0. The third-order valence-electron chi connectivity index (χ3n) is 4.60. The maximum Gasteiger partial charge on any atom is 0.255 e. The van der Waals surface area contributed by atoms with Gasteiger partial charge in [-0.25, -0.2) is 4.98 Å². The molecule has 6 heteroatoms. The number of nitrogens with zero attached hydrogens (tertiary/aromatic N) is 2. The Hall–Kier alpha value is -3.15. The minimum atomic E-state index is -0.150. The van der Waals surface area contributed by atoms with Gasteiger partial charge in [0.05, 0.1) is 6.61 Å². The zero-order valence-electron chi connectivity index (χ0n) is 15.5. The lowest BCUT2D eigenvalue weighted by molar-refractivity contribution is 0.102. The van der Waals surface area contributed by atoms with Gasteiger partial charge >= 0.3 is 0 Å². The molecule has 0 aliphatic heterocycles. The fourth-order valence-electron chi connectivity index (χ4n) is 2.96. The first kappa shape index (κ1) is 17.3. The Bertz CT molecular complexity index is 959. The van der Waals surface area contributed by atoms with E-state index in [1.165, 1.54) is 12.8 Å². The van der Waals surface area contributed by atoms with Crippen molar-refractivity contribution >= 4 is 11.6 Å². The van der Waals surface area contributed by atoms with Crippen LogP contribution in [0.15, 0.2) is 42.5 Å². The van der Waals surface area contributed by atoms with Crippen molar-refractivity contribution < 1.29 is 9.53 Å². The molecule has 1 aliphatic carbocycles. The number of benzene rings is 2. The number of carbonyl (C=O) groups excluding carboxylic acids is 1. The highest BCUT2D eigenvalue weighted by atomic mass is 16.5. The van der Waals surface area contributed by atoms with E-state index in [2.05, 4.69) is 20.5 Å². The number of aromatic amines is 1. The lowest BCUT2D eigenvalue weighted by Crippen LogP contribution is -2.12. The van der Waals surface area contributed by atoms with Crippen molar-refractivity contribution in [3.63, 3.8) is 0 Å². The van der Waals surface area contributed by atoms with Gasteiger partial charge < -0.3 is 10.1 Å². The molecule has 2 N–H and O–H groups in total. The SMILES string of the molecule is CCOc1ccc(C(=O)Nc2ccc(-c3n[nH]c(C4CC4)n3)cc2)cc1C. The molecule has 0 atom stereocenters. The third-order valence-corrected chi connectivity index (χ3v) is 4.60.